The van der Waals surface area contributed by atoms with Crippen LogP contribution in [0.5, 0.6) is 11.5 Å². The molecule has 2 amide bonds. The van der Waals surface area contributed by atoms with Crippen LogP contribution in [0.1, 0.15) is 55.7 Å². The maximum Gasteiger partial charge on any atom is 0.410 e. The third kappa shape index (κ3) is 5.70. The van der Waals surface area contributed by atoms with Crippen molar-refractivity contribution in [1.82, 2.24) is 14.4 Å². The van der Waals surface area contributed by atoms with Crippen LogP contribution in [-0.4, -0.2) is 65.8 Å². The van der Waals surface area contributed by atoms with E-state index in [-0.39, 0.29) is 18.0 Å². The average Bonchev–Trinajstić information content (AvgIpc) is 3.22. The lowest BCUT2D eigenvalue weighted by atomic mass is 9.87. The third-order valence-electron chi connectivity index (χ3n) is 6.68. The Morgan fingerprint density at radius 1 is 1.11 bits per heavy atom. The van der Waals surface area contributed by atoms with Gasteiger partial charge in [0, 0.05) is 47.6 Å². The van der Waals surface area contributed by atoms with Crippen LogP contribution in [-0.2, 0) is 11.3 Å². The van der Waals surface area contributed by atoms with E-state index in [4.69, 9.17) is 14.2 Å². The van der Waals surface area contributed by atoms with Crippen molar-refractivity contribution >= 4 is 34.6 Å². The van der Waals surface area contributed by atoms with Crippen LogP contribution in [0, 0.1) is 9.49 Å². The highest BCUT2D eigenvalue weighted by atomic mass is 127. The molecule has 0 saturated carbocycles. The van der Waals surface area contributed by atoms with Gasteiger partial charge in [0.05, 0.1) is 20.3 Å². The minimum absolute atomic E-state index is 0.0215. The summed E-state index contributed by atoms with van der Waals surface area (Å²) in [6, 6.07) is 7.80. The summed E-state index contributed by atoms with van der Waals surface area (Å²) in [7, 11) is 3.25. The van der Waals surface area contributed by atoms with Gasteiger partial charge in [-0.3, -0.25) is 4.79 Å². The smallest absolute Gasteiger partial charge is 0.410 e. The van der Waals surface area contributed by atoms with Crippen molar-refractivity contribution in [2.45, 2.75) is 51.8 Å². The van der Waals surface area contributed by atoms with Crippen molar-refractivity contribution < 1.29 is 23.8 Å². The van der Waals surface area contributed by atoms with Crippen LogP contribution in [0.4, 0.5) is 4.79 Å². The van der Waals surface area contributed by atoms with Gasteiger partial charge in [-0.15, -0.1) is 0 Å². The zero-order valence-electron chi connectivity index (χ0n) is 21.0. The van der Waals surface area contributed by atoms with Gasteiger partial charge in [0.15, 0.2) is 0 Å². The Balaban J connectivity index is 1.52. The van der Waals surface area contributed by atoms with E-state index in [0.717, 1.165) is 22.0 Å². The quantitative estimate of drug-likeness (QED) is 0.458. The summed E-state index contributed by atoms with van der Waals surface area (Å²) in [6.45, 7) is 8.05. The molecule has 0 radical (unpaired) electrons. The number of piperidine rings is 1. The first-order valence-electron chi connectivity index (χ1n) is 11.9. The number of aromatic nitrogens is 1. The minimum atomic E-state index is -0.503. The topological polar surface area (TPSA) is 73.2 Å². The van der Waals surface area contributed by atoms with Crippen LogP contribution < -0.4 is 9.47 Å². The number of hydrogen-bond donors (Lipinski definition) is 0. The Hall–Kier alpha value is -2.43. The number of carbonyl (C=O) groups is 2. The second-order valence-corrected chi connectivity index (χ2v) is 11.4. The molecule has 0 bridgehead atoms. The van der Waals surface area contributed by atoms with Crippen molar-refractivity contribution in [1.29, 1.82) is 0 Å². The van der Waals surface area contributed by atoms with Gasteiger partial charge in [0.1, 0.15) is 22.8 Å². The molecule has 2 aliphatic rings. The van der Waals surface area contributed by atoms with Gasteiger partial charge in [0.25, 0.3) is 5.91 Å². The van der Waals surface area contributed by atoms with Gasteiger partial charge in [-0.1, -0.05) is 0 Å². The lowest BCUT2D eigenvalue weighted by Gasteiger charge is -2.42. The maximum absolute atomic E-state index is 13.4. The summed E-state index contributed by atoms with van der Waals surface area (Å²) >= 11 is 2.27. The number of ether oxygens (including phenoxy) is 3. The standard InChI is InChI=1S/C26H34IN3O5/c1-26(2,3)35-25(32)28-10-8-17(9-11-28)22-16-29(24(31)21-12-19(27)15-30(21)22)14-18-6-7-20(33-4)13-23(18)34-5/h6-7,12-13,15,17,22H,8-11,14,16H2,1-5H3. The van der Waals surface area contributed by atoms with E-state index in [9.17, 15) is 9.59 Å². The van der Waals surface area contributed by atoms with E-state index in [1.807, 2.05) is 49.9 Å². The van der Waals surface area contributed by atoms with Crippen LogP contribution in [0.15, 0.2) is 30.5 Å². The number of carbonyl (C=O) groups excluding carboxylic acids is 2. The number of amides is 2. The normalized spacial score (nSPS) is 18.9. The fourth-order valence-electron chi connectivity index (χ4n) is 4.94. The molecule has 35 heavy (non-hydrogen) atoms. The number of likely N-dealkylation sites (tertiary alicyclic amines) is 1. The molecule has 0 N–H and O–H groups in total. The second-order valence-electron chi connectivity index (χ2n) is 10.2. The highest BCUT2D eigenvalue weighted by molar-refractivity contribution is 14.1. The highest BCUT2D eigenvalue weighted by Crippen LogP contribution is 2.37. The molecule has 8 nitrogen and oxygen atoms in total. The third-order valence-corrected chi connectivity index (χ3v) is 7.27. The number of hydrogen-bond acceptors (Lipinski definition) is 5. The predicted octanol–water partition coefficient (Wildman–Crippen LogP) is 4.95. The van der Waals surface area contributed by atoms with Crippen LogP contribution in [0.2, 0.25) is 0 Å². The molecule has 1 unspecified atom stereocenters. The molecule has 1 aromatic carbocycles. The summed E-state index contributed by atoms with van der Waals surface area (Å²) in [5.41, 5.74) is 1.15. The lowest BCUT2D eigenvalue weighted by Crippen LogP contribution is -2.48. The average molecular weight is 595 g/mol. The van der Waals surface area contributed by atoms with Gasteiger partial charge in [0.2, 0.25) is 0 Å². The summed E-state index contributed by atoms with van der Waals surface area (Å²) in [4.78, 5) is 29.7. The molecule has 2 aromatic rings. The maximum atomic E-state index is 13.4. The van der Waals surface area contributed by atoms with E-state index in [1.165, 1.54) is 0 Å². The number of fused-ring (bicyclic) bond motifs is 1. The molecule has 2 aliphatic heterocycles. The van der Waals surface area contributed by atoms with Gasteiger partial charge >= 0.3 is 6.09 Å². The fourth-order valence-corrected chi connectivity index (χ4v) is 5.54. The fraction of sp³-hybridized carbons (Fsp3) is 0.538. The molecule has 4 rings (SSSR count). The number of methoxy groups -OCH3 is 2. The van der Waals surface area contributed by atoms with Crippen molar-refractivity contribution in [3.63, 3.8) is 0 Å². The summed E-state index contributed by atoms with van der Waals surface area (Å²) < 4.78 is 19.7. The number of nitrogens with zero attached hydrogens (tertiary/aromatic N) is 3. The van der Waals surface area contributed by atoms with Crippen molar-refractivity contribution in [2.24, 2.45) is 5.92 Å². The SMILES string of the molecule is COc1ccc(CN2CC(C3CCN(C(=O)OC(C)(C)C)CC3)n3cc(I)cc3C2=O)c(OC)c1. The largest absolute Gasteiger partial charge is 0.497 e. The summed E-state index contributed by atoms with van der Waals surface area (Å²) in [5, 5.41) is 0. The minimum Gasteiger partial charge on any atom is -0.497 e. The van der Waals surface area contributed by atoms with E-state index in [1.54, 1.807) is 19.1 Å². The zero-order valence-corrected chi connectivity index (χ0v) is 23.2. The van der Waals surface area contributed by atoms with E-state index in [2.05, 4.69) is 33.4 Å². The summed E-state index contributed by atoms with van der Waals surface area (Å²) in [5.74, 6) is 1.79. The number of halogens is 1. The van der Waals surface area contributed by atoms with Crippen LogP contribution >= 0.6 is 22.6 Å². The molecule has 190 valence electrons. The number of benzene rings is 1. The van der Waals surface area contributed by atoms with E-state index >= 15 is 0 Å². The van der Waals surface area contributed by atoms with E-state index < -0.39 is 5.60 Å². The molecular weight excluding hydrogens is 561 g/mol. The molecule has 1 fully saturated rings. The Kier molecular flexibility index (Phi) is 7.54. The van der Waals surface area contributed by atoms with Crippen LogP contribution in [0.25, 0.3) is 0 Å². The van der Waals surface area contributed by atoms with Gasteiger partial charge in [-0.2, -0.15) is 0 Å². The van der Waals surface area contributed by atoms with Gasteiger partial charge in [-0.05, 0) is 80.3 Å². The number of rotatable bonds is 5. The first kappa shape index (κ1) is 25.7. The first-order chi connectivity index (χ1) is 16.6. The molecule has 9 heteroatoms. The molecular formula is C26H34IN3O5. The second kappa shape index (κ2) is 10.3. The van der Waals surface area contributed by atoms with E-state index in [0.29, 0.717) is 49.3 Å². The molecule has 1 atom stereocenters. The van der Waals surface area contributed by atoms with Crippen molar-refractivity contribution in [3.05, 3.63) is 45.3 Å². The molecule has 3 heterocycles. The Morgan fingerprint density at radius 3 is 2.46 bits per heavy atom. The zero-order chi connectivity index (χ0) is 25.3. The van der Waals surface area contributed by atoms with Crippen molar-refractivity contribution in [2.75, 3.05) is 33.9 Å². The van der Waals surface area contributed by atoms with Gasteiger partial charge < -0.3 is 28.6 Å². The molecule has 1 aromatic heterocycles. The molecule has 0 aliphatic carbocycles. The van der Waals surface area contributed by atoms with Crippen LogP contribution in [0.3, 0.4) is 0 Å². The molecule has 0 spiro atoms. The predicted molar refractivity (Wildman–Crippen MR) is 141 cm³/mol. The first-order valence-corrected chi connectivity index (χ1v) is 13.0. The Labute approximate surface area is 220 Å². The summed E-state index contributed by atoms with van der Waals surface area (Å²) in [6.07, 6.45) is 3.56. The highest BCUT2D eigenvalue weighted by Gasteiger charge is 2.38. The molecule has 1 saturated heterocycles. The lowest BCUT2D eigenvalue weighted by molar-refractivity contribution is 0.0144. The van der Waals surface area contributed by atoms with Crippen molar-refractivity contribution in [3.8, 4) is 11.5 Å². The Bertz CT molecular complexity index is 1090. The van der Waals surface area contributed by atoms with Gasteiger partial charge in [-0.25, -0.2) is 4.79 Å². The Morgan fingerprint density at radius 2 is 1.83 bits per heavy atom. The monoisotopic (exact) mass is 595 g/mol.